The Hall–Kier alpha value is -4.50. The van der Waals surface area contributed by atoms with Gasteiger partial charge in [-0.3, -0.25) is 14.5 Å². The molecule has 0 bridgehead atoms. The van der Waals surface area contributed by atoms with E-state index in [1.807, 2.05) is 43.3 Å². The van der Waals surface area contributed by atoms with Gasteiger partial charge in [0, 0.05) is 12.0 Å². The van der Waals surface area contributed by atoms with Crippen LogP contribution in [0.15, 0.2) is 78.4 Å². The van der Waals surface area contributed by atoms with Crippen molar-refractivity contribution in [1.29, 1.82) is 0 Å². The van der Waals surface area contributed by atoms with Crippen LogP contribution in [0, 0.1) is 6.92 Å². The molecule has 6 rings (SSSR count). The van der Waals surface area contributed by atoms with Crippen molar-refractivity contribution in [2.24, 2.45) is 0 Å². The molecule has 0 aliphatic carbocycles. The van der Waals surface area contributed by atoms with Crippen molar-refractivity contribution >= 4 is 33.9 Å². The zero-order chi connectivity index (χ0) is 27.1. The van der Waals surface area contributed by atoms with Crippen LogP contribution in [0.2, 0.25) is 0 Å². The minimum atomic E-state index is -0.885. The third kappa shape index (κ3) is 4.66. The summed E-state index contributed by atoms with van der Waals surface area (Å²) in [6.07, 6.45) is 0.731. The summed E-state index contributed by atoms with van der Waals surface area (Å²) in [5.74, 6) is -0.389. The summed E-state index contributed by atoms with van der Waals surface area (Å²) in [4.78, 5) is 28.0. The van der Waals surface area contributed by atoms with Gasteiger partial charge in [0.05, 0.1) is 11.6 Å². The highest BCUT2D eigenvalue weighted by molar-refractivity contribution is 7.15. The number of rotatable bonds is 6. The number of hydrogen-bond donors (Lipinski definition) is 1. The molecule has 2 atom stereocenters. The molecule has 4 aromatic rings. The summed E-state index contributed by atoms with van der Waals surface area (Å²) in [6, 6.07) is 21.4. The van der Waals surface area contributed by atoms with E-state index in [4.69, 9.17) is 9.47 Å². The molecule has 1 saturated heterocycles. The van der Waals surface area contributed by atoms with Gasteiger partial charge in [-0.2, -0.15) is 0 Å². The third-order valence-electron chi connectivity index (χ3n) is 6.78. The van der Waals surface area contributed by atoms with Crippen LogP contribution in [-0.4, -0.2) is 33.1 Å². The Morgan fingerprint density at radius 3 is 2.56 bits per heavy atom. The number of aryl methyl sites for hydroxylation is 1. The van der Waals surface area contributed by atoms with E-state index in [1.165, 1.54) is 16.2 Å². The Balaban J connectivity index is 1.39. The number of carbonyl (C=O) groups is 2. The Morgan fingerprint density at radius 1 is 1.08 bits per heavy atom. The van der Waals surface area contributed by atoms with E-state index in [0.29, 0.717) is 40.0 Å². The molecule has 0 spiro atoms. The lowest BCUT2D eigenvalue weighted by Gasteiger charge is -2.22. The van der Waals surface area contributed by atoms with Crippen molar-refractivity contribution in [2.75, 3.05) is 4.90 Å². The summed E-state index contributed by atoms with van der Waals surface area (Å²) < 4.78 is 11.7. The van der Waals surface area contributed by atoms with Crippen LogP contribution in [0.5, 0.6) is 11.5 Å². The monoisotopic (exact) mass is 539 g/mol. The van der Waals surface area contributed by atoms with Gasteiger partial charge in [0.2, 0.25) is 5.13 Å². The molecule has 1 amide bonds. The Bertz CT molecular complexity index is 1600. The molecule has 0 radical (unpaired) electrons. The SMILES string of the molecule is Cc1nnc(N2C(=O)C(=O)/C(=C(/O)c3ccc4c(c3)C[C@@H](C)O4)[C@H]2c2ccc(OCc3ccccc3)cc2)s1. The van der Waals surface area contributed by atoms with Crippen LogP contribution in [-0.2, 0) is 22.6 Å². The molecular weight excluding hydrogens is 514 g/mol. The van der Waals surface area contributed by atoms with Crippen LogP contribution in [0.1, 0.15) is 40.2 Å². The van der Waals surface area contributed by atoms with Gasteiger partial charge in [-0.15, -0.1) is 10.2 Å². The molecular formula is C30H25N3O5S. The van der Waals surface area contributed by atoms with Gasteiger partial charge in [-0.25, -0.2) is 0 Å². The minimum absolute atomic E-state index is 0.00211. The van der Waals surface area contributed by atoms with E-state index in [2.05, 4.69) is 10.2 Å². The fourth-order valence-corrected chi connectivity index (χ4v) is 5.65. The first-order chi connectivity index (χ1) is 18.9. The largest absolute Gasteiger partial charge is 0.507 e. The predicted octanol–water partition coefficient (Wildman–Crippen LogP) is 5.38. The van der Waals surface area contributed by atoms with Crippen LogP contribution >= 0.6 is 11.3 Å². The van der Waals surface area contributed by atoms with Crippen LogP contribution in [0.25, 0.3) is 5.76 Å². The van der Waals surface area contributed by atoms with E-state index in [9.17, 15) is 14.7 Å². The number of carbonyl (C=O) groups excluding carboxylic acids is 2. The van der Waals surface area contributed by atoms with Crippen molar-refractivity contribution < 1.29 is 24.2 Å². The highest BCUT2D eigenvalue weighted by Gasteiger charge is 2.48. The number of aliphatic hydroxyl groups excluding tert-OH is 1. The van der Waals surface area contributed by atoms with Gasteiger partial charge in [-0.05, 0) is 60.9 Å². The molecule has 2 aliphatic rings. The Labute approximate surface area is 229 Å². The lowest BCUT2D eigenvalue weighted by Crippen LogP contribution is -2.29. The fraction of sp³-hybridized carbons (Fsp3) is 0.200. The van der Waals surface area contributed by atoms with E-state index in [1.54, 1.807) is 43.3 Å². The number of aromatic nitrogens is 2. The lowest BCUT2D eigenvalue weighted by atomic mass is 9.94. The summed E-state index contributed by atoms with van der Waals surface area (Å²) in [6.45, 7) is 4.16. The number of anilines is 1. The van der Waals surface area contributed by atoms with Crippen molar-refractivity contribution in [1.82, 2.24) is 10.2 Å². The molecule has 3 heterocycles. The van der Waals surface area contributed by atoms with E-state index >= 15 is 0 Å². The molecule has 1 aromatic heterocycles. The average Bonchev–Trinajstić information content (AvgIpc) is 3.62. The molecule has 1 fully saturated rings. The van der Waals surface area contributed by atoms with Gasteiger partial charge in [0.15, 0.2) is 0 Å². The maximum atomic E-state index is 13.4. The number of benzene rings is 3. The van der Waals surface area contributed by atoms with Gasteiger partial charge < -0.3 is 14.6 Å². The zero-order valence-corrected chi connectivity index (χ0v) is 22.1. The number of nitrogens with zero attached hydrogens (tertiary/aromatic N) is 3. The molecule has 39 heavy (non-hydrogen) atoms. The number of amides is 1. The molecule has 196 valence electrons. The number of ether oxygens (including phenoxy) is 2. The number of Topliss-reactive ketones (excluding diaryl/α,β-unsaturated/α-hetero) is 1. The van der Waals surface area contributed by atoms with E-state index in [0.717, 1.165) is 16.9 Å². The van der Waals surface area contributed by atoms with Gasteiger partial charge in [-0.1, -0.05) is 53.8 Å². The second kappa shape index (κ2) is 9.99. The minimum Gasteiger partial charge on any atom is -0.507 e. The third-order valence-corrected chi connectivity index (χ3v) is 7.62. The number of fused-ring (bicyclic) bond motifs is 1. The smallest absolute Gasteiger partial charge is 0.301 e. The summed E-state index contributed by atoms with van der Waals surface area (Å²) in [5.41, 5.74) is 3.06. The van der Waals surface area contributed by atoms with Crippen molar-refractivity contribution in [3.63, 3.8) is 0 Å². The Kier molecular flexibility index (Phi) is 6.36. The van der Waals surface area contributed by atoms with E-state index in [-0.39, 0.29) is 17.4 Å². The predicted molar refractivity (Wildman–Crippen MR) is 147 cm³/mol. The Morgan fingerprint density at radius 2 is 1.85 bits per heavy atom. The highest BCUT2D eigenvalue weighted by Crippen LogP contribution is 2.44. The second-order valence-electron chi connectivity index (χ2n) is 9.57. The molecule has 0 saturated carbocycles. The highest BCUT2D eigenvalue weighted by atomic mass is 32.1. The first-order valence-corrected chi connectivity index (χ1v) is 13.4. The van der Waals surface area contributed by atoms with Crippen molar-refractivity contribution in [3.05, 3.63) is 106 Å². The van der Waals surface area contributed by atoms with Crippen molar-refractivity contribution in [3.8, 4) is 11.5 Å². The van der Waals surface area contributed by atoms with Crippen molar-refractivity contribution in [2.45, 2.75) is 39.0 Å². The van der Waals surface area contributed by atoms with Crippen LogP contribution in [0.4, 0.5) is 5.13 Å². The molecule has 3 aromatic carbocycles. The van der Waals surface area contributed by atoms with Gasteiger partial charge in [0.1, 0.15) is 35.0 Å². The number of ketones is 1. The molecule has 8 nitrogen and oxygen atoms in total. The molecule has 9 heteroatoms. The maximum Gasteiger partial charge on any atom is 0.301 e. The number of hydrogen-bond acceptors (Lipinski definition) is 8. The van der Waals surface area contributed by atoms with Crippen LogP contribution < -0.4 is 14.4 Å². The quantitative estimate of drug-likeness (QED) is 0.200. The van der Waals surface area contributed by atoms with Crippen LogP contribution in [0.3, 0.4) is 0 Å². The second-order valence-corrected chi connectivity index (χ2v) is 10.7. The molecule has 1 N–H and O–H groups in total. The molecule has 2 aliphatic heterocycles. The molecule has 0 unspecified atom stereocenters. The fourth-order valence-electron chi connectivity index (χ4n) is 4.94. The summed E-state index contributed by atoms with van der Waals surface area (Å²) in [7, 11) is 0. The normalized spacial score (nSPS) is 19.7. The van der Waals surface area contributed by atoms with Gasteiger partial charge in [0.25, 0.3) is 5.78 Å². The summed E-state index contributed by atoms with van der Waals surface area (Å²) in [5, 5.41) is 20.6. The number of aliphatic hydroxyl groups is 1. The maximum absolute atomic E-state index is 13.4. The average molecular weight is 540 g/mol. The van der Waals surface area contributed by atoms with E-state index < -0.39 is 17.7 Å². The standard InChI is InChI=1S/C30H25N3O5S/c1-17-14-22-15-21(10-13-24(22)38-17)27(34)25-26(33(29(36)28(25)35)30-32-31-18(2)39-30)20-8-11-23(12-9-20)37-16-19-6-4-3-5-7-19/h3-13,15,17,26,34H,14,16H2,1-2H3/b27-25+/t17-,26-/m1/s1. The first-order valence-electron chi connectivity index (χ1n) is 12.6. The lowest BCUT2D eigenvalue weighted by molar-refractivity contribution is -0.132. The topological polar surface area (TPSA) is 102 Å². The first kappa shape index (κ1) is 24.8. The zero-order valence-electron chi connectivity index (χ0n) is 21.3. The summed E-state index contributed by atoms with van der Waals surface area (Å²) >= 11 is 1.21. The van der Waals surface area contributed by atoms with Gasteiger partial charge >= 0.3 is 5.91 Å².